The van der Waals surface area contributed by atoms with Crippen LogP contribution < -0.4 is 15.8 Å². The monoisotopic (exact) mass is 474 g/mol. The van der Waals surface area contributed by atoms with Crippen LogP contribution in [0, 0.1) is 0 Å². The Labute approximate surface area is 203 Å². The van der Waals surface area contributed by atoms with Gasteiger partial charge in [-0.1, -0.05) is 49.3 Å². The second-order valence-corrected chi connectivity index (χ2v) is 9.16. The molecule has 0 aliphatic carbocycles. The van der Waals surface area contributed by atoms with Crippen LogP contribution in [0.2, 0.25) is 0 Å². The summed E-state index contributed by atoms with van der Waals surface area (Å²) >= 11 is 0. The zero-order valence-electron chi connectivity index (χ0n) is 20.2. The van der Waals surface area contributed by atoms with Gasteiger partial charge in [0.05, 0.1) is 6.54 Å². The summed E-state index contributed by atoms with van der Waals surface area (Å²) in [5.74, 6) is 2.03. The number of anilines is 2. The molecule has 1 atom stereocenters. The smallest absolute Gasteiger partial charge is 0.230 e. The fourth-order valence-corrected chi connectivity index (χ4v) is 4.08. The Hall–Kier alpha value is -3.92. The fraction of sp³-hybridized carbons (Fsp3) is 0.360. The van der Waals surface area contributed by atoms with E-state index in [1.54, 1.807) is 0 Å². The van der Waals surface area contributed by atoms with Crippen LogP contribution in [0.25, 0.3) is 22.5 Å². The number of rotatable bonds is 8. The lowest BCUT2D eigenvalue weighted by molar-refractivity contribution is 0.201. The lowest BCUT2D eigenvalue weighted by atomic mass is 10.1. The lowest BCUT2D eigenvalue weighted by Crippen LogP contribution is -2.22. The van der Waals surface area contributed by atoms with Gasteiger partial charge in [0, 0.05) is 30.4 Å². The summed E-state index contributed by atoms with van der Waals surface area (Å²) in [7, 11) is 2.08. The number of hydrogen-bond donors (Lipinski definition) is 3. The molecule has 10 nitrogen and oxygen atoms in total. The van der Waals surface area contributed by atoms with Crippen molar-refractivity contribution in [1.82, 2.24) is 30.2 Å². The Balaban J connectivity index is 1.39. The van der Waals surface area contributed by atoms with Crippen molar-refractivity contribution in [3.05, 3.63) is 53.9 Å². The third kappa shape index (κ3) is 5.12. The van der Waals surface area contributed by atoms with Gasteiger partial charge in [-0.25, -0.2) is 0 Å². The molecule has 182 valence electrons. The van der Waals surface area contributed by atoms with Crippen molar-refractivity contribution in [3.63, 3.8) is 0 Å². The molecule has 10 heteroatoms. The zero-order chi connectivity index (χ0) is 24.4. The fourth-order valence-electron chi connectivity index (χ4n) is 4.08. The first-order valence-electron chi connectivity index (χ1n) is 11.8. The van der Waals surface area contributed by atoms with Gasteiger partial charge >= 0.3 is 0 Å². The van der Waals surface area contributed by atoms with Crippen LogP contribution in [0.1, 0.15) is 37.6 Å². The maximum atomic E-state index is 6.42. The summed E-state index contributed by atoms with van der Waals surface area (Å²) in [5, 5.41) is 14.9. The third-order valence-electron chi connectivity index (χ3n) is 6.06. The van der Waals surface area contributed by atoms with Crippen molar-refractivity contribution < 1.29 is 9.26 Å². The minimum atomic E-state index is 0.0205. The largest absolute Gasteiger partial charge is 0.472 e. The van der Waals surface area contributed by atoms with Gasteiger partial charge in [0.2, 0.25) is 11.8 Å². The van der Waals surface area contributed by atoms with Crippen LogP contribution in [-0.2, 0) is 6.54 Å². The van der Waals surface area contributed by atoms with Gasteiger partial charge in [0.25, 0.3) is 0 Å². The van der Waals surface area contributed by atoms with Gasteiger partial charge in [-0.15, -0.1) is 0 Å². The van der Waals surface area contributed by atoms with Gasteiger partial charge in [-0.2, -0.15) is 15.1 Å². The van der Waals surface area contributed by atoms with Crippen LogP contribution in [0.3, 0.4) is 0 Å². The van der Waals surface area contributed by atoms with E-state index in [2.05, 4.69) is 56.4 Å². The number of likely N-dealkylation sites (N-methyl/N-ethyl adjacent to an activating group) is 1. The van der Waals surface area contributed by atoms with E-state index in [1.165, 1.54) is 0 Å². The van der Waals surface area contributed by atoms with Crippen LogP contribution >= 0.6 is 0 Å². The summed E-state index contributed by atoms with van der Waals surface area (Å²) in [6.45, 7) is 6.35. The van der Waals surface area contributed by atoms with E-state index in [0.29, 0.717) is 47.1 Å². The highest BCUT2D eigenvalue weighted by Crippen LogP contribution is 2.35. The van der Waals surface area contributed by atoms with E-state index in [9.17, 15) is 0 Å². The molecule has 0 amide bonds. The van der Waals surface area contributed by atoms with Gasteiger partial charge in [0.1, 0.15) is 28.9 Å². The van der Waals surface area contributed by atoms with Crippen LogP contribution in [0.15, 0.2) is 47.0 Å². The first-order chi connectivity index (χ1) is 17.0. The third-order valence-corrected chi connectivity index (χ3v) is 6.06. The molecule has 0 radical (unpaired) electrons. The number of hydrogen-bond acceptors (Lipinski definition) is 9. The maximum Gasteiger partial charge on any atom is 0.230 e. The summed E-state index contributed by atoms with van der Waals surface area (Å²) in [4.78, 5) is 11.4. The molecule has 0 bridgehead atoms. The van der Waals surface area contributed by atoms with E-state index < -0.39 is 0 Å². The molecule has 35 heavy (non-hydrogen) atoms. The van der Waals surface area contributed by atoms with Crippen LogP contribution in [0.4, 0.5) is 11.8 Å². The molecule has 1 aromatic carbocycles. The van der Waals surface area contributed by atoms with Gasteiger partial charge in [-0.3, -0.25) is 5.10 Å². The molecule has 0 spiro atoms. The maximum absolute atomic E-state index is 6.42. The average molecular weight is 475 g/mol. The molecule has 1 aliphatic rings. The number of nitrogens with one attached hydrogen (secondary N) is 2. The van der Waals surface area contributed by atoms with Crippen LogP contribution in [-0.4, -0.2) is 56.5 Å². The highest BCUT2D eigenvalue weighted by Gasteiger charge is 2.26. The first-order valence-corrected chi connectivity index (χ1v) is 11.8. The van der Waals surface area contributed by atoms with E-state index in [-0.39, 0.29) is 6.10 Å². The Morgan fingerprint density at radius 3 is 2.74 bits per heavy atom. The van der Waals surface area contributed by atoms with Gasteiger partial charge in [0.15, 0.2) is 5.76 Å². The standard InChI is InChI=1S/C25H30N8O2/c1-15(2)19-12-21(31-30-19)22-23(26)28-25(29-24(22)34-17-9-10-33(3)14-17)27-13-18-11-20(32-35-18)16-7-5-4-6-8-16/h4-8,11-12,15,17H,9-10,13-14H2,1-3H3,(H,30,31)(H3,26,27,28,29). The minimum Gasteiger partial charge on any atom is -0.472 e. The van der Waals surface area contributed by atoms with Crippen molar-refractivity contribution in [2.75, 3.05) is 31.2 Å². The summed E-state index contributed by atoms with van der Waals surface area (Å²) in [6, 6.07) is 13.7. The molecular weight excluding hydrogens is 444 g/mol. The Kier molecular flexibility index (Phi) is 6.37. The molecule has 4 aromatic rings. The highest BCUT2D eigenvalue weighted by atomic mass is 16.5. The second kappa shape index (κ2) is 9.75. The van der Waals surface area contributed by atoms with Crippen molar-refractivity contribution in [2.24, 2.45) is 0 Å². The number of benzene rings is 1. The number of nitrogens with zero attached hydrogens (tertiary/aromatic N) is 5. The van der Waals surface area contributed by atoms with E-state index in [4.69, 9.17) is 15.0 Å². The number of nitrogens with two attached hydrogens (primary N) is 1. The van der Waals surface area contributed by atoms with Gasteiger partial charge < -0.3 is 25.2 Å². The Morgan fingerprint density at radius 2 is 2.03 bits per heavy atom. The molecule has 0 saturated carbocycles. The molecule has 4 heterocycles. The van der Waals surface area contributed by atoms with Crippen molar-refractivity contribution in [1.29, 1.82) is 0 Å². The van der Waals surface area contributed by atoms with E-state index >= 15 is 0 Å². The topological polar surface area (TPSA) is 131 Å². The quantitative estimate of drug-likeness (QED) is 0.348. The number of likely N-dealkylation sites (tertiary alicyclic amines) is 1. The van der Waals surface area contributed by atoms with E-state index in [0.717, 1.165) is 36.5 Å². The molecule has 1 unspecified atom stereocenters. The summed E-state index contributed by atoms with van der Waals surface area (Å²) in [5.41, 5.74) is 10.5. The first kappa shape index (κ1) is 22.9. The lowest BCUT2D eigenvalue weighted by Gasteiger charge is -2.17. The number of H-pyrrole nitrogens is 1. The van der Waals surface area contributed by atoms with Gasteiger partial charge in [-0.05, 0) is 25.5 Å². The molecule has 3 aromatic heterocycles. The van der Waals surface area contributed by atoms with E-state index in [1.807, 2.05) is 42.5 Å². The minimum absolute atomic E-state index is 0.0205. The number of aromatic nitrogens is 5. The van der Waals surface area contributed by atoms with Crippen molar-refractivity contribution in [3.8, 4) is 28.4 Å². The Morgan fingerprint density at radius 1 is 1.20 bits per heavy atom. The number of nitrogen functional groups attached to an aromatic ring is 1. The predicted octanol–water partition coefficient (Wildman–Crippen LogP) is 3.92. The molecular formula is C25H30N8O2. The van der Waals surface area contributed by atoms with Crippen LogP contribution in [0.5, 0.6) is 5.88 Å². The average Bonchev–Trinajstić information content (AvgIpc) is 3.60. The molecule has 4 N–H and O–H groups in total. The molecule has 5 rings (SSSR count). The Bertz CT molecular complexity index is 1280. The summed E-state index contributed by atoms with van der Waals surface area (Å²) < 4.78 is 11.8. The highest BCUT2D eigenvalue weighted by molar-refractivity contribution is 5.77. The van der Waals surface area contributed by atoms with Crippen molar-refractivity contribution in [2.45, 2.75) is 38.8 Å². The molecule has 1 saturated heterocycles. The second-order valence-electron chi connectivity index (χ2n) is 9.16. The normalized spacial score (nSPS) is 16.2. The molecule has 1 aliphatic heterocycles. The number of aromatic amines is 1. The van der Waals surface area contributed by atoms with Crippen molar-refractivity contribution >= 4 is 11.8 Å². The molecule has 1 fully saturated rings. The SMILES string of the molecule is CC(C)c1cc(-c2c(N)nc(NCc3cc(-c4ccccc4)no3)nc2OC2CCN(C)C2)n[nH]1. The summed E-state index contributed by atoms with van der Waals surface area (Å²) in [6.07, 6.45) is 0.938. The zero-order valence-corrected chi connectivity index (χ0v) is 20.2. The predicted molar refractivity (Wildman–Crippen MR) is 134 cm³/mol. The number of ether oxygens (including phenoxy) is 1.